The molecule has 17 heavy (non-hydrogen) atoms. The number of hydrogen-bond donors (Lipinski definition) is 1. The molecule has 2 rings (SSSR count). The van der Waals surface area contributed by atoms with Gasteiger partial charge in [-0.3, -0.25) is 9.19 Å². The van der Waals surface area contributed by atoms with Crippen molar-refractivity contribution >= 4 is 16.5 Å². The van der Waals surface area contributed by atoms with E-state index < -0.39 is 10.8 Å². The Labute approximate surface area is 103 Å². The predicted octanol–water partition coefficient (Wildman–Crippen LogP) is 2.38. The third-order valence-corrected chi connectivity index (χ3v) is 3.83. The molecule has 0 aliphatic rings. The summed E-state index contributed by atoms with van der Waals surface area (Å²) in [6.07, 6.45) is 5.14. The minimum Gasteiger partial charge on any atom is -0.398 e. The summed E-state index contributed by atoms with van der Waals surface area (Å²) in [4.78, 5) is 4.71. The van der Waals surface area contributed by atoms with Crippen molar-refractivity contribution in [2.45, 2.75) is 11.8 Å². The van der Waals surface area contributed by atoms with Crippen LogP contribution in [0.4, 0.5) is 5.69 Å². The fourth-order valence-electron chi connectivity index (χ4n) is 1.94. The van der Waals surface area contributed by atoms with Crippen molar-refractivity contribution in [3.63, 3.8) is 0 Å². The van der Waals surface area contributed by atoms with E-state index in [1.54, 1.807) is 24.7 Å². The summed E-state index contributed by atoms with van der Waals surface area (Å²) in [7, 11) is -1.08. The summed E-state index contributed by atoms with van der Waals surface area (Å²) < 4.78 is 11.7. The summed E-state index contributed by atoms with van der Waals surface area (Å²) in [6.45, 7) is 1.95. The van der Waals surface area contributed by atoms with E-state index in [4.69, 9.17) is 5.73 Å². The largest absolute Gasteiger partial charge is 0.398 e. The highest BCUT2D eigenvalue weighted by Crippen LogP contribution is 2.30. The first-order valence-electron chi connectivity index (χ1n) is 5.24. The zero-order valence-electron chi connectivity index (χ0n) is 9.81. The van der Waals surface area contributed by atoms with E-state index in [1.165, 1.54) is 0 Å². The maximum absolute atomic E-state index is 11.7. The number of nitrogens with two attached hydrogens (primary N) is 1. The van der Waals surface area contributed by atoms with E-state index >= 15 is 0 Å². The lowest BCUT2D eigenvalue weighted by molar-refractivity contribution is 0.686. The lowest BCUT2D eigenvalue weighted by Gasteiger charge is -2.12. The Morgan fingerprint density at radius 3 is 2.41 bits per heavy atom. The molecule has 0 saturated carbocycles. The summed E-state index contributed by atoms with van der Waals surface area (Å²) in [5.74, 6) is 0. The van der Waals surface area contributed by atoms with Crippen LogP contribution in [-0.2, 0) is 10.8 Å². The van der Waals surface area contributed by atoms with E-state index in [2.05, 4.69) is 4.98 Å². The highest BCUT2D eigenvalue weighted by atomic mass is 32.2. The molecule has 0 fully saturated rings. The van der Waals surface area contributed by atoms with Gasteiger partial charge in [-0.05, 0) is 41.8 Å². The molecule has 1 atom stereocenters. The van der Waals surface area contributed by atoms with E-state index in [1.807, 2.05) is 25.1 Å². The topological polar surface area (TPSA) is 56.0 Å². The second-order valence-corrected chi connectivity index (χ2v) is 5.16. The number of pyridine rings is 1. The Hall–Kier alpha value is -1.68. The zero-order valence-corrected chi connectivity index (χ0v) is 10.6. The van der Waals surface area contributed by atoms with Gasteiger partial charge in [0.15, 0.2) is 0 Å². The Kier molecular flexibility index (Phi) is 3.24. The van der Waals surface area contributed by atoms with Crippen molar-refractivity contribution in [3.8, 4) is 11.1 Å². The SMILES string of the molecule is Cc1c(-c2ccncc2)ccc(N)c1S(C)=O. The van der Waals surface area contributed by atoms with Gasteiger partial charge in [-0.15, -0.1) is 0 Å². The smallest absolute Gasteiger partial charge is 0.0649 e. The van der Waals surface area contributed by atoms with Crippen molar-refractivity contribution in [2.24, 2.45) is 0 Å². The summed E-state index contributed by atoms with van der Waals surface area (Å²) in [6, 6.07) is 7.62. The van der Waals surface area contributed by atoms with Gasteiger partial charge in [0.25, 0.3) is 0 Å². The summed E-state index contributed by atoms with van der Waals surface area (Å²) in [5, 5.41) is 0. The van der Waals surface area contributed by atoms with Gasteiger partial charge in [0, 0.05) is 24.3 Å². The molecule has 0 saturated heterocycles. The summed E-state index contributed by atoms with van der Waals surface area (Å²) in [5.41, 5.74) is 9.53. The molecule has 0 bridgehead atoms. The Balaban J connectivity index is 2.66. The minimum absolute atomic E-state index is 0.584. The lowest BCUT2D eigenvalue weighted by Crippen LogP contribution is -2.00. The van der Waals surface area contributed by atoms with Gasteiger partial charge in [0.05, 0.1) is 15.7 Å². The fourth-order valence-corrected chi connectivity index (χ4v) is 2.88. The molecular formula is C13H14N2OS. The highest BCUT2D eigenvalue weighted by Gasteiger charge is 2.12. The third-order valence-electron chi connectivity index (χ3n) is 2.72. The molecular weight excluding hydrogens is 232 g/mol. The molecule has 0 radical (unpaired) electrons. The van der Waals surface area contributed by atoms with Gasteiger partial charge in [-0.1, -0.05) is 6.07 Å². The first-order chi connectivity index (χ1) is 8.11. The second kappa shape index (κ2) is 4.67. The molecule has 4 heteroatoms. The van der Waals surface area contributed by atoms with Crippen LogP contribution in [0.25, 0.3) is 11.1 Å². The van der Waals surface area contributed by atoms with Gasteiger partial charge >= 0.3 is 0 Å². The third kappa shape index (κ3) is 2.22. The molecule has 1 unspecified atom stereocenters. The second-order valence-electron chi connectivity index (χ2n) is 3.85. The maximum Gasteiger partial charge on any atom is 0.0649 e. The molecule has 1 aromatic carbocycles. The molecule has 1 aromatic heterocycles. The van der Waals surface area contributed by atoms with Crippen LogP contribution in [-0.4, -0.2) is 15.4 Å². The van der Waals surface area contributed by atoms with Gasteiger partial charge < -0.3 is 5.73 Å². The molecule has 0 spiro atoms. The predicted molar refractivity (Wildman–Crippen MR) is 71.2 cm³/mol. The Morgan fingerprint density at radius 1 is 1.18 bits per heavy atom. The number of nitrogens with zero attached hydrogens (tertiary/aromatic N) is 1. The van der Waals surface area contributed by atoms with E-state index in [0.717, 1.165) is 21.6 Å². The number of rotatable bonds is 2. The zero-order chi connectivity index (χ0) is 12.4. The van der Waals surface area contributed by atoms with Gasteiger partial charge in [-0.2, -0.15) is 0 Å². The molecule has 88 valence electrons. The van der Waals surface area contributed by atoms with Crippen LogP contribution in [0.1, 0.15) is 5.56 Å². The van der Waals surface area contributed by atoms with Crippen LogP contribution < -0.4 is 5.73 Å². The minimum atomic E-state index is -1.08. The maximum atomic E-state index is 11.7. The normalized spacial score (nSPS) is 12.4. The van der Waals surface area contributed by atoms with E-state index in [0.29, 0.717) is 5.69 Å². The number of aromatic nitrogens is 1. The lowest BCUT2D eigenvalue weighted by atomic mass is 10.0. The average molecular weight is 246 g/mol. The van der Waals surface area contributed by atoms with Crippen molar-refractivity contribution in [3.05, 3.63) is 42.2 Å². The molecule has 2 N–H and O–H groups in total. The van der Waals surface area contributed by atoms with Crippen LogP contribution in [0.5, 0.6) is 0 Å². The van der Waals surface area contributed by atoms with E-state index in [9.17, 15) is 4.21 Å². The van der Waals surface area contributed by atoms with E-state index in [-0.39, 0.29) is 0 Å². The van der Waals surface area contributed by atoms with Crippen LogP contribution >= 0.6 is 0 Å². The number of anilines is 1. The Bertz CT molecular complexity index is 567. The van der Waals surface area contributed by atoms with Gasteiger partial charge in [0.2, 0.25) is 0 Å². The van der Waals surface area contributed by atoms with Crippen molar-refractivity contribution in [1.29, 1.82) is 0 Å². The average Bonchev–Trinajstić information content (AvgIpc) is 2.30. The standard InChI is InChI=1S/C13H14N2OS/c1-9-11(10-5-7-15-8-6-10)3-4-12(14)13(9)17(2)16/h3-8H,14H2,1-2H3. The number of hydrogen-bond acceptors (Lipinski definition) is 3. The van der Waals surface area contributed by atoms with Crippen LogP contribution in [0.15, 0.2) is 41.6 Å². The quantitative estimate of drug-likeness (QED) is 0.828. The monoisotopic (exact) mass is 246 g/mol. The molecule has 3 nitrogen and oxygen atoms in total. The molecule has 0 amide bonds. The highest BCUT2D eigenvalue weighted by molar-refractivity contribution is 7.84. The van der Waals surface area contributed by atoms with Crippen LogP contribution in [0.2, 0.25) is 0 Å². The molecule has 1 heterocycles. The number of benzene rings is 1. The first-order valence-corrected chi connectivity index (χ1v) is 6.80. The van der Waals surface area contributed by atoms with Crippen LogP contribution in [0, 0.1) is 6.92 Å². The van der Waals surface area contributed by atoms with Gasteiger partial charge in [-0.25, -0.2) is 0 Å². The first kappa shape index (κ1) is 11.8. The van der Waals surface area contributed by atoms with Crippen LogP contribution in [0.3, 0.4) is 0 Å². The van der Waals surface area contributed by atoms with Crippen molar-refractivity contribution in [2.75, 3.05) is 12.0 Å². The molecule has 0 aliphatic heterocycles. The number of nitrogen functional groups attached to an aromatic ring is 1. The van der Waals surface area contributed by atoms with Gasteiger partial charge in [0.1, 0.15) is 0 Å². The van der Waals surface area contributed by atoms with Crippen molar-refractivity contribution < 1.29 is 4.21 Å². The Morgan fingerprint density at radius 2 is 1.82 bits per heavy atom. The fraction of sp³-hybridized carbons (Fsp3) is 0.154. The summed E-state index contributed by atoms with van der Waals surface area (Å²) >= 11 is 0. The molecule has 2 aromatic rings. The van der Waals surface area contributed by atoms with Crippen molar-refractivity contribution in [1.82, 2.24) is 4.98 Å². The molecule has 0 aliphatic carbocycles.